The fraction of sp³-hybridized carbons (Fsp3) is 0.500. The van der Waals surface area contributed by atoms with Gasteiger partial charge in [0.15, 0.2) is 0 Å². The average molecular weight is 250 g/mol. The number of rotatable bonds is 2. The van der Waals surface area contributed by atoms with Gasteiger partial charge in [0.05, 0.1) is 0 Å². The summed E-state index contributed by atoms with van der Waals surface area (Å²) in [7, 11) is 0. The van der Waals surface area contributed by atoms with Crippen molar-refractivity contribution in [2.24, 2.45) is 5.92 Å². The molecule has 0 saturated carbocycles. The Labute approximate surface area is 107 Å². The van der Waals surface area contributed by atoms with Crippen LogP contribution in [0, 0.1) is 11.7 Å². The Hall–Kier alpha value is -1.58. The Morgan fingerprint density at radius 1 is 1.50 bits per heavy atom. The lowest BCUT2D eigenvalue weighted by molar-refractivity contribution is 0.0671. The maximum atomic E-state index is 13.2. The second-order valence-corrected chi connectivity index (χ2v) is 4.94. The van der Waals surface area contributed by atoms with Crippen molar-refractivity contribution in [3.05, 3.63) is 29.6 Å². The van der Waals surface area contributed by atoms with Crippen molar-refractivity contribution < 1.29 is 9.18 Å². The molecule has 1 aromatic carbocycles. The molecule has 1 aliphatic rings. The zero-order valence-electron chi connectivity index (χ0n) is 10.7. The molecule has 1 saturated heterocycles. The van der Waals surface area contributed by atoms with Crippen LogP contribution in [0.3, 0.4) is 0 Å². The number of carbonyl (C=O) groups is 1. The summed E-state index contributed by atoms with van der Waals surface area (Å²) in [6.07, 6.45) is 3.27. The van der Waals surface area contributed by atoms with Crippen LogP contribution in [0.2, 0.25) is 0 Å². The maximum Gasteiger partial charge on any atom is 0.254 e. The lowest BCUT2D eigenvalue weighted by atomic mass is 9.95. The zero-order valence-corrected chi connectivity index (χ0v) is 10.7. The van der Waals surface area contributed by atoms with Gasteiger partial charge < -0.3 is 10.6 Å². The zero-order chi connectivity index (χ0) is 13.1. The van der Waals surface area contributed by atoms with Crippen LogP contribution in [0.25, 0.3) is 0 Å². The molecule has 98 valence electrons. The number of hydrogen-bond acceptors (Lipinski definition) is 2. The quantitative estimate of drug-likeness (QED) is 0.820. The molecule has 18 heavy (non-hydrogen) atoms. The second-order valence-electron chi connectivity index (χ2n) is 4.94. The maximum absolute atomic E-state index is 13.2. The number of nitrogens with zero attached hydrogens (tertiary/aromatic N) is 1. The number of benzene rings is 1. The first-order valence-corrected chi connectivity index (χ1v) is 6.45. The summed E-state index contributed by atoms with van der Waals surface area (Å²) < 4.78 is 13.2. The third-order valence-corrected chi connectivity index (χ3v) is 3.55. The Balaban J connectivity index is 2.15. The minimum Gasteiger partial charge on any atom is -0.399 e. The molecule has 1 unspecified atom stereocenters. The number of anilines is 1. The van der Waals surface area contributed by atoms with Crippen molar-refractivity contribution in [3.63, 3.8) is 0 Å². The molecule has 2 N–H and O–H groups in total. The smallest absolute Gasteiger partial charge is 0.254 e. The highest BCUT2D eigenvalue weighted by atomic mass is 19.1. The SMILES string of the molecule is CCC1CCCN(C(=O)c2cc(N)cc(F)c2)C1. The first-order chi connectivity index (χ1) is 8.60. The van der Waals surface area contributed by atoms with Gasteiger partial charge in [-0.15, -0.1) is 0 Å². The fourth-order valence-corrected chi connectivity index (χ4v) is 2.50. The third kappa shape index (κ3) is 2.81. The van der Waals surface area contributed by atoms with E-state index >= 15 is 0 Å². The van der Waals surface area contributed by atoms with Crippen LogP contribution in [0.5, 0.6) is 0 Å². The molecule has 0 radical (unpaired) electrons. The normalized spacial score (nSPS) is 19.9. The number of nitrogen functional groups attached to an aromatic ring is 1. The van der Waals surface area contributed by atoms with E-state index in [4.69, 9.17) is 5.73 Å². The Kier molecular flexibility index (Phi) is 3.84. The van der Waals surface area contributed by atoms with Gasteiger partial charge in [0.25, 0.3) is 5.91 Å². The van der Waals surface area contributed by atoms with Gasteiger partial charge in [-0.25, -0.2) is 4.39 Å². The number of amides is 1. The lowest BCUT2D eigenvalue weighted by Gasteiger charge is -2.32. The summed E-state index contributed by atoms with van der Waals surface area (Å²) in [5.41, 5.74) is 6.21. The molecule has 0 spiro atoms. The number of halogens is 1. The first kappa shape index (κ1) is 12.9. The van der Waals surface area contributed by atoms with E-state index in [0.29, 0.717) is 17.2 Å². The Morgan fingerprint density at radius 2 is 2.28 bits per heavy atom. The lowest BCUT2D eigenvalue weighted by Crippen LogP contribution is -2.39. The van der Waals surface area contributed by atoms with E-state index < -0.39 is 5.82 Å². The van der Waals surface area contributed by atoms with E-state index in [1.54, 1.807) is 6.07 Å². The summed E-state index contributed by atoms with van der Waals surface area (Å²) in [6.45, 7) is 3.66. The highest BCUT2D eigenvalue weighted by molar-refractivity contribution is 5.95. The van der Waals surface area contributed by atoms with E-state index in [1.807, 2.05) is 4.90 Å². The molecule has 1 aromatic rings. The molecular weight excluding hydrogens is 231 g/mol. The number of hydrogen-bond donors (Lipinski definition) is 1. The summed E-state index contributed by atoms with van der Waals surface area (Å²) in [5.74, 6) is -0.00430. The minimum atomic E-state index is -0.456. The summed E-state index contributed by atoms with van der Waals surface area (Å²) in [6, 6.07) is 4.02. The molecule has 1 atom stereocenters. The van der Waals surface area contributed by atoms with Gasteiger partial charge in [-0.05, 0) is 37.0 Å². The van der Waals surface area contributed by atoms with Gasteiger partial charge in [-0.3, -0.25) is 4.79 Å². The largest absolute Gasteiger partial charge is 0.399 e. The molecule has 0 aliphatic carbocycles. The number of carbonyl (C=O) groups excluding carboxylic acids is 1. The monoisotopic (exact) mass is 250 g/mol. The van der Waals surface area contributed by atoms with Crippen molar-refractivity contribution >= 4 is 11.6 Å². The van der Waals surface area contributed by atoms with Gasteiger partial charge in [0, 0.05) is 24.3 Å². The summed E-state index contributed by atoms with van der Waals surface area (Å²) in [5, 5.41) is 0. The number of piperidine rings is 1. The van der Waals surface area contributed by atoms with E-state index in [0.717, 1.165) is 25.9 Å². The Morgan fingerprint density at radius 3 is 2.94 bits per heavy atom. The standard InChI is InChI=1S/C14H19FN2O/c1-2-10-4-3-5-17(9-10)14(18)11-6-12(15)8-13(16)7-11/h6-8,10H,2-5,9,16H2,1H3. The van der Waals surface area contributed by atoms with Gasteiger partial charge in [0.1, 0.15) is 5.82 Å². The third-order valence-electron chi connectivity index (χ3n) is 3.55. The Bertz CT molecular complexity index is 427. The molecule has 1 fully saturated rings. The van der Waals surface area contributed by atoms with E-state index in [1.165, 1.54) is 18.6 Å². The van der Waals surface area contributed by atoms with Crippen LogP contribution < -0.4 is 5.73 Å². The number of nitrogens with two attached hydrogens (primary N) is 1. The molecular formula is C14H19FN2O. The molecule has 3 nitrogen and oxygen atoms in total. The van der Waals surface area contributed by atoms with Crippen LogP contribution in [0.1, 0.15) is 36.5 Å². The van der Waals surface area contributed by atoms with Crippen molar-refractivity contribution in [3.8, 4) is 0 Å². The first-order valence-electron chi connectivity index (χ1n) is 6.45. The number of likely N-dealkylation sites (tertiary alicyclic amines) is 1. The molecule has 2 rings (SSSR count). The van der Waals surface area contributed by atoms with Crippen molar-refractivity contribution in [1.82, 2.24) is 4.90 Å². The summed E-state index contributed by atoms with van der Waals surface area (Å²) in [4.78, 5) is 14.1. The van der Waals surface area contributed by atoms with Crippen LogP contribution >= 0.6 is 0 Å². The second kappa shape index (κ2) is 5.38. The van der Waals surface area contributed by atoms with Crippen molar-refractivity contribution in [2.45, 2.75) is 26.2 Å². The van der Waals surface area contributed by atoms with Gasteiger partial charge in [-0.1, -0.05) is 13.3 Å². The van der Waals surface area contributed by atoms with Gasteiger partial charge >= 0.3 is 0 Å². The highest BCUT2D eigenvalue weighted by Crippen LogP contribution is 2.21. The topological polar surface area (TPSA) is 46.3 Å². The molecule has 0 aromatic heterocycles. The minimum absolute atomic E-state index is 0.112. The molecule has 1 heterocycles. The molecule has 1 amide bonds. The van der Waals surface area contributed by atoms with E-state index in [9.17, 15) is 9.18 Å². The predicted octanol–water partition coefficient (Wildman–Crippen LogP) is 2.67. The summed E-state index contributed by atoms with van der Waals surface area (Å²) >= 11 is 0. The van der Waals surface area contributed by atoms with Crippen LogP contribution in [0.4, 0.5) is 10.1 Å². The van der Waals surface area contributed by atoms with Gasteiger partial charge in [0.2, 0.25) is 0 Å². The predicted molar refractivity (Wildman–Crippen MR) is 69.7 cm³/mol. The van der Waals surface area contributed by atoms with Crippen molar-refractivity contribution in [2.75, 3.05) is 18.8 Å². The van der Waals surface area contributed by atoms with Gasteiger partial charge in [-0.2, -0.15) is 0 Å². The molecule has 4 heteroatoms. The van der Waals surface area contributed by atoms with Crippen LogP contribution in [-0.4, -0.2) is 23.9 Å². The highest BCUT2D eigenvalue weighted by Gasteiger charge is 2.23. The molecule has 1 aliphatic heterocycles. The van der Waals surface area contributed by atoms with E-state index in [-0.39, 0.29) is 5.91 Å². The van der Waals surface area contributed by atoms with Crippen molar-refractivity contribution in [1.29, 1.82) is 0 Å². The van der Waals surface area contributed by atoms with Crippen LogP contribution in [0.15, 0.2) is 18.2 Å². The van der Waals surface area contributed by atoms with E-state index in [2.05, 4.69) is 6.92 Å². The van der Waals surface area contributed by atoms with Crippen LogP contribution in [-0.2, 0) is 0 Å². The molecule has 0 bridgehead atoms. The fourth-order valence-electron chi connectivity index (χ4n) is 2.50. The average Bonchev–Trinajstić information content (AvgIpc) is 2.37.